The number of morpholine rings is 1. The van der Waals surface area contributed by atoms with Gasteiger partial charge in [0.1, 0.15) is 5.69 Å². The number of anilines is 1. The maximum Gasteiger partial charge on any atom is 0.262 e. The zero-order valence-corrected chi connectivity index (χ0v) is 13.9. The van der Waals surface area contributed by atoms with Crippen molar-refractivity contribution in [3.05, 3.63) is 41.8 Å². The van der Waals surface area contributed by atoms with E-state index in [1.807, 2.05) is 0 Å². The molecule has 1 aliphatic rings. The van der Waals surface area contributed by atoms with Crippen molar-refractivity contribution in [3.8, 4) is 0 Å². The highest BCUT2D eigenvalue weighted by atomic mass is 32.2. The van der Waals surface area contributed by atoms with E-state index in [0.717, 1.165) is 0 Å². The van der Waals surface area contributed by atoms with Gasteiger partial charge in [0.05, 0.1) is 24.3 Å². The molecule has 3 rings (SSSR count). The predicted molar refractivity (Wildman–Crippen MR) is 85.2 cm³/mol. The number of ether oxygens (including phenoxy) is 1. The molecule has 9 heteroatoms. The van der Waals surface area contributed by atoms with Crippen molar-refractivity contribution in [2.75, 3.05) is 31.0 Å². The summed E-state index contributed by atoms with van der Waals surface area (Å²) < 4.78 is 37.1. The van der Waals surface area contributed by atoms with Crippen molar-refractivity contribution in [3.63, 3.8) is 0 Å². The molecule has 1 aliphatic heterocycles. The lowest BCUT2D eigenvalue weighted by Gasteiger charge is -2.26. The first-order chi connectivity index (χ1) is 11.5. The molecule has 8 nitrogen and oxygen atoms in total. The van der Waals surface area contributed by atoms with E-state index in [-0.39, 0.29) is 16.5 Å². The van der Waals surface area contributed by atoms with Gasteiger partial charge in [-0.15, -0.1) is 0 Å². The highest BCUT2D eigenvalue weighted by molar-refractivity contribution is 7.92. The lowest BCUT2D eigenvalue weighted by atomic mass is 10.2. The second-order valence-electron chi connectivity index (χ2n) is 5.33. The fourth-order valence-corrected chi connectivity index (χ4v) is 3.42. The van der Waals surface area contributed by atoms with Crippen LogP contribution in [0.2, 0.25) is 0 Å². The normalized spacial score (nSPS) is 15.3. The summed E-state index contributed by atoms with van der Waals surface area (Å²) in [6.07, 6.45) is 1.29. The largest absolute Gasteiger partial charge is 0.378 e. The molecule has 0 unspecified atom stereocenters. The fourth-order valence-electron chi connectivity index (χ4n) is 2.33. The van der Waals surface area contributed by atoms with Gasteiger partial charge in [0.15, 0.2) is 5.76 Å². The maximum absolute atomic E-state index is 12.3. The van der Waals surface area contributed by atoms with Gasteiger partial charge in [-0.3, -0.25) is 9.52 Å². The molecule has 1 saturated heterocycles. The summed E-state index contributed by atoms with van der Waals surface area (Å²) in [5.74, 6) is 0.239. The average molecular weight is 351 g/mol. The monoisotopic (exact) mass is 351 g/mol. The third kappa shape index (κ3) is 3.41. The Labute approximate surface area is 139 Å². The summed E-state index contributed by atoms with van der Waals surface area (Å²) in [4.78, 5) is 14.1. The molecule has 2 heterocycles. The van der Waals surface area contributed by atoms with Gasteiger partial charge in [-0.25, -0.2) is 8.42 Å². The smallest absolute Gasteiger partial charge is 0.262 e. The van der Waals surface area contributed by atoms with Crippen LogP contribution in [0.3, 0.4) is 0 Å². The molecule has 128 valence electrons. The van der Waals surface area contributed by atoms with Crippen molar-refractivity contribution in [1.82, 2.24) is 10.1 Å². The van der Waals surface area contributed by atoms with E-state index < -0.39 is 10.0 Å². The number of aromatic nitrogens is 1. The van der Waals surface area contributed by atoms with Gasteiger partial charge in [-0.05, 0) is 31.2 Å². The van der Waals surface area contributed by atoms with E-state index in [2.05, 4.69) is 9.88 Å². The number of hydrogen-bond acceptors (Lipinski definition) is 6. The van der Waals surface area contributed by atoms with Crippen molar-refractivity contribution in [2.24, 2.45) is 0 Å². The molecule has 2 aromatic rings. The van der Waals surface area contributed by atoms with Crippen LogP contribution in [0.25, 0.3) is 0 Å². The van der Waals surface area contributed by atoms with Crippen molar-refractivity contribution in [2.45, 2.75) is 11.8 Å². The summed E-state index contributed by atoms with van der Waals surface area (Å²) in [5, 5.41) is 3.53. The van der Waals surface area contributed by atoms with E-state index in [1.165, 1.54) is 30.5 Å². The molecule has 1 aromatic heterocycles. The van der Waals surface area contributed by atoms with E-state index in [1.54, 1.807) is 11.8 Å². The molecule has 0 radical (unpaired) electrons. The Morgan fingerprint density at radius 3 is 2.46 bits per heavy atom. The minimum absolute atomic E-state index is 0.0571. The summed E-state index contributed by atoms with van der Waals surface area (Å²) in [6.45, 7) is 3.70. The highest BCUT2D eigenvalue weighted by Gasteiger charge is 2.21. The van der Waals surface area contributed by atoms with Crippen LogP contribution >= 0.6 is 0 Å². The maximum atomic E-state index is 12.3. The summed E-state index contributed by atoms with van der Waals surface area (Å²) >= 11 is 0. The fraction of sp³-hybridized carbons (Fsp3) is 0.333. The molecule has 0 atom stereocenters. The molecular formula is C15H17N3O5S. The summed E-state index contributed by atoms with van der Waals surface area (Å²) in [7, 11) is -3.77. The van der Waals surface area contributed by atoms with Gasteiger partial charge in [0, 0.05) is 18.7 Å². The number of amides is 1. The van der Waals surface area contributed by atoms with E-state index in [0.29, 0.717) is 37.6 Å². The lowest BCUT2D eigenvalue weighted by Crippen LogP contribution is -2.40. The minimum atomic E-state index is -3.77. The molecule has 24 heavy (non-hydrogen) atoms. The number of nitrogens with zero attached hydrogens (tertiary/aromatic N) is 2. The van der Waals surface area contributed by atoms with Crippen LogP contribution in [0.15, 0.2) is 39.9 Å². The predicted octanol–water partition coefficient (Wildman–Crippen LogP) is 1.26. The molecule has 1 aromatic carbocycles. The first kappa shape index (κ1) is 16.5. The third-order valence-corrected chi connectivity index (χ3v) is 5.09. The van der Waals surface area contributed by atoms with E-state index in [9.17, 15) is 13.2 Å². The molecule has 0 bridgehead atoms. The van der Waals surface area contributed by atoms with Gasteiger partial charge >= 0.3 is 0 Å². The molecule has 0 spiro atoms. The summed E-state index contributed by atoms with van der Waals surface area (Å²) in [6, 6.07) is 5.82. The number of rotatable bonds is 4. The summed E-state index contributed by atoms with van der Waals surface area (Å²) in [5.41, 5.74) is 0.723. The Morgan fingerprint density at radius 2 is 1.88 bits per heavy atom. The van der Waals surface area contributed by atoms with Crippen LogP contribution in [0.1, 0.15) is 16.1 Å². The number of nitrogens with one attached hydrogen (secondary N) is 1. The molecular weight excluding hydrogens is 334 g/mol. The molecule has 0 aliphatic carbocycles. The SMILES string of the molecule is Cc1oncc1NS(=O)(=O)c1ccc(C(=O)N2CCOCC2)cc1. The standard InChI is InChI=1S/C15H17N3O5S/c1-11-14(10-16-23-11)17-24(20,21)13-4-2-12(3-5-13)15(19)18-6-8-22-9-7-18/h2-5,10,17H,6-9H2,1H3. The van der Waals surface area contributed by atoms with Gasteiger partial charge in [0.25, 0.3) is 15.9 Å². The van der Waals surface area contributed by atoms with Crippen molar-refractivity contribution < 1.29 is 22.5 Å². The van der Waals surface area contributed by atoms with Gasteiger partial charge < -0.3 is 14.2 Å². The molecule has 1 amide bonds. The Bertz CT molecular complexity index is 823. The van der Waals surface area contributed by atoms with E-state index >= 15 is 0 Å². The quantitative estimate of drug-likeness (QED) is 0.890. The van der Waals surface area contributed by atoms with Crippen LogP contribution in [0, 0.1) is 6.92 Å². The van der Waals surface area contributed by atoms with Crippen molar-refractivity contribution in [1.29, 1.82) is 0 Å². The van der Waals surface area contributed by atoms with Gasteiger partial charge in [0.2, 0.25) is 0 Å². The van der Waals surface area contributed by atoms with Crippen LogP contribution in [0.4, 0.5) is 5.69 Å². The number of sulfonamides is 1. The Hall–Kier alpha value is -2.39. The van der Waals surface area contributed by atoms with Gasteiger partial charge in [-0.1, -0.05) is 5.16 Å². The zero-order chi connectivity index (χ0) is 17.2. The van der Waals surface area contributed by atoms with Crippen LogP contribution in [-0.4, -0.2) is 50.7 Å². The topological polar surface area (TPSA) is 102 Å². The Kier molecular flexibility index (Phi) is 4.54. The van der Waals surface area contributed by atoms with Crippen molar-refractivity contribution >= 4 is 21.6 Å². The van der Waals surface area contributed by atoms with Crippen LogP contribution in [-0.2, 0) is 14.8 Å². The van der Waals surface area contributed by atoms with Gasteiger partial charge in [-0.2, -0.15) is 0 Å². The second-order valence-corrected chi connectivity index (χ2v) is 7.01. The number of carbonyl (C=O) groups excluding carboxylic acids is 1. The molecule has 1 N–H and O–H groups in total. The number of carbonyl (C=O) groups is 1. The Balaban J connectivity index is 1.76. The lowest BCUT2D eigenvalue weighted by molar-refractivity contribution is 0.0303. The number of benzene rings is 1. The number of hydrogen-bond donors (Lipinski definition) is 1. The number of aryl methyl sites for hydroxylation is 1. The second kappa shape index (κ2) is 6.62. The molecule has 1 fully saturated rings. The minimum Gasteiger partial charge on any atom is -0.378 e. The molecule has 0 saturated carbocycles. The zero-order valence-electron chi connectivity index (χ0n) is 13.1. The average Bonchev–Trinajstić information content (AvgIpc) is 2.99. The Morgan fingerprint density at radius 1 is 1.21 bits per heavy atom. The van der Waals surface area contributed by atoms with E-state index in [4.69, 9.17) is 9.26 Å². The van der Waals surface area contributed by atoms with Crippen LogP contribution in [0.5, 0.6) is 0 Å². The first-order valence-corrected chi connectivity index (χ1v) is 8.87. The highest BCUT2D eigenvalue weighted by Crippen LogP contribution is 2.19. The van der Waals surface area contributed by atoms with Crippen LogP contribution < -0.4 is 4.72 Å². The third-order valence-electron chi connectivity index (χ3n) is 3.70. The first-order valence-electron chi connectivity index (χ1n) is 7.38.